The number of amides is 2. The van der Waals surface area contributed by atoms with Crippen LogP contribution in [0.2, 0.25) is 0 Å². The molecule has 1 fully saturated rings. The van der Waals surface area contributed by atoms with Crippen molar-refractivity contribution in [3.05, 3.63) is 24.8 Å². The van der Waals surface area contributed by atoms with Gasteiger partial charge in [0.25, 0.3) is 11.8 Å². The summed E-state index contributed by atoms with van der Waals surface area (Å²) in [5, 5.41) is 0. The number of esters is 2. The zero-order valence-electron chi connectivity index (χ0n) is 20.2. The lowest BCUT2D eigenvalue weighted by atomic mass is 9.83. The van der Waals surface area contributed by atoms with Crippen LogP contribution in [-0.2, 0) is 38.1 Å². The normalized spacial score (nSPS) is 21.9. The van der Waals surface area contributed by atoms with E-state index in [2.05, 4.69) is 6.58 Å². The van der Waals surface area contributed by atoms with Crippen LogP contribution in [0, 0.1) is 11.8 Å². The maximum Gasteiger partial charge on any atom is 0.332 e. The van der Waals surface area contributed by atoms with Crippen molar-refractivity contribution in [3.63, 3.8) is 0 Å². The van der Waals surface area contributed by atoms with Gasteiger partial charge in [0.05, 0.1) is 13.2 Å². The van der Waals surface area contributed by atoms with Gasteiger partial charge in [0.1, 0.15) is 0 Å². The first kappa shape index (κ1) is 27.7. The summed E-state index contributed by atoms with van der Waals surface area (Å²) in [5.74, 6) is -0.520. The number of hydrogen-bond donors (Lipinski definition) is 0. The van der Waals surface area contributed by atoms with E-state index < -0.39 is 18.5 Å². The third-order valence-corrected chi connectivity index (χ3v) is 6.01. The van der Waals surface area contributed by atoms with Gasteiger partial charge in [0.2, 0.25) is 0 Å². The highest BCUT2D eigenvalue weighted by atomic mass is 16.7. The van der Waals surface area contributed by atoms with Crippen molar-refractivity contribution in [1.82, 2.24) is 4.90 Å². The zero-order chi connectivity index (χ0) is 24.9. The quantitative estimate of drug-likeness (QED) is 0.116. The maximum atomic E-state index is 12.0. The fourth-order valence-electron chi connectivity index (χ4n) is 4.00. The molecule has 0 bridgehead atoms. The number of imide groups is 1. The van der Waals surface area contributed by atoms with Gasteiger partial charge in [-0.3, -0.25) is 19.3 Å². The van der Waals surface area contributed by atoms with Crippen molar-refractivity contribution in [1.29, 1.82) is 0 Å². The molecule has 0 aromatic rings. The lowest BCUT2D eigenvalue weighted by Gasteiger charge is -2.29. The Morgan fingerprint density at radius 1 is 0.941 bits per heavy atom. The summed E-state index contributed by atoms with van der Waals surface area (Å²) in [5.41, 5.74) is 0. The Morgan fingerprint density at radius 2 is 1.47 bits per heavy atom. The molecule has 1 heterocycles. The second-order valence-electron chi connectivity index (χ2n) is 8.79. The SMILES string of the molecule is C=CC(=O)OC(C)OCC1CCC(COC(C)OC(=O)CCCCCN2C(=O)C=CC2=O)CC1. The Kier molecular flexibility index (Phi) is 12.0. The average Bonchev–Trinajstić information content (AvgIpc) is 3.13. The minimum absolute atomic E-state index is 0.277. The molecule has 0 saturated heterocycles. The molecule has 34 heavy (non-hydrogen) atoms. The molecule has 2 atom stereocenters. The Labute approximate surface area is 201 Å². The Bertz CT molecular complexity index is 723. The molecule has 9 nitrogen and oxygen atoms in total. The number of carbonyl (C=O) groups is 4. The summed E-state index contributed by atoms with van der Waals surface area (Å²) in [6.07, 6.45) is 8.80. The van der Waals surface area contributed by atoms with E-state index >= 15 is 0 Å². The minimum Gasteiger partial charge on any atom is -0.436 e. The van der Waals surface area contributed by atoms with Gasteiger partial charge in [0.15, 0.2) is 12.6 Å². The Morgan fingerprint density at radius 3 is 2.00 bits per heavy atom. The molecule has 9 heteroatoms. The Hall–Kier alpha value is -2.52. The number of rotatable bonds is 15. The van der Waals surface area contributed by atoms with Crippen molar-refractivity contribution >= 4 is 23.8 Å². The molecule has 1 aliphatic heterocycles. The van der Waals surface area contributed by atoms with E-state index in [1.165, 1.54) is 17.1 Å². The van der Waals surface area contributed by atoms with Crippen LogP contribution in [0.15, 0.2) is 24.8 Å². The second-order valence-corrected chi connectivity index (χ2v) is 8.79. The smallest absolute Gasteiger partial charge is 0.332 e. The van der Waals surface area contributed by atoms with Crippen LogP contribution in [-0.4, -0.2) is 61.0 Å². The molecule has 0 aromatic carbocycles. The average molecular weight is 480 g/mol. The van der Waals surface area contributed by atoms with Gasteiger partial charge in [-0.2, -0.15) is 0 Å². The molecule has 2 amide bonds. The van der Waals surface area contributed by atoms with Gasteiger partial charge in [0, 0.05) is 31.2 Å². The molecule has 0 aromatic heterocycles. The highest BCUT2D eigenvalue weighted by Crippen LogP contribution is 2.29. The minimum atomic E-state index is -0.597. The van der Waals surface area contributed by atoms with Gasteiger partial charge in [-0.15, -0.1) is 0 Å². The lowest BCUT2D eigenvalue weighted by Crippen LogP contribution is -2.30. The molecule has 0 N–H and O–H groups in total. The van der Waals surface area contributed by atoms with Crippen LogP contribution in [0.3, 0.4) is 0 Å². The summed E-state index contributed by atoms with van der Waals surface area (Å²) in [6.45, 7) is 8.24. The van der Waals surface area contributed by atoms with Crippen LogP contribution in [0.1, 0.15) is 65.2 Å². The number of carbonyl (C=O) groups excluding carboxylic acids is 4. The van der Waals surface area contributed by atoms with Gasteiger partial charge >= 0.3 is 11.9 Å². The summed E-state index contributed by atoms with van der Waals surface area (Å²) in [4.78, 5) is 47.3. The summed E-state index contributed by atoms with van der Waals surface area (Å²) in [6, 6.07) is 0. The van der Waals surface area contributed by atoms with E-state index in [0.717, 1.165) is 38.2 Å². The highest BCUT2D eigenvalue weighted by molar-refractivity contribution is 6.12. The molecule has 190 valence electrons. The summed E-state index contributed by atoms with van der Waals surface area (Å²) < 4.78 is 21.7. The van der Waals surface area contributed by atoms with Crippen molar-refractivity contribution in [2.45, 2.75) is 77.8 Å². The fourth-order valence-corrected chi connectivity index (χ4v) is 4.00. The van der Waals surface area contributed by atoms with E-state index in [9.17, 15) is 19.2 Å². The first-order valence-corrected chi connectivity index (χ1v) is 12.1. The molecule has 2 aliphatic rings. The van der Waals surface area contributed by atoms with E-state index in [-0.39, 0.29) is 24.2 Å². The van der Waals surface area contributed by atoms with Crippen LogP contribution < -0.4 is 0 Å². The third kappa shape index (κ3) is 10.2. The first-order valence-electron chi connectivity index (χ1n) is 12.1. The Balaban J connectivity index is 1.48. The van der Waals surface area contributed by atoms with E-state index in [0.29, 0.717) is 44.4 Å². The van der Waals surface area contributed by atoms with Crippen LogP contribution >= 0.6 is 0 Å². The summed E-state index contributed by atoms with van der Waals surface area (Å²) in [7, 11) is 0. The van der Waals surface area contributed by atoms with Gasteiger partial charge in [-0.1, -0.05) is 13.0 Å². The highest BCUT2D eigenvalue weighted by Gasteiger charge is 2.24. The molecule has 1 saturated carbocycles. The number of hydrogen-bond acceptors (Lipinski definition) is 8. The largest absolute Gasteiger partial charge is 0.436 e. The fraction of sp³-hybridized carbons (Fsp3) is 0.680. The molecule has 2 rings (SSSR count). The van der Waals surface area contributed by atoms with Crippen molar-refractivity contribution in [2.24, 2.45) is 11.8 Å². The van der Waals surface area contributed by atoms with Crippen molar-refractivity contribution in [3.8, 4) is 0 Å². The standard InChI is InChI=1S/C25H37NO8/c1-4-24(29)33-18(2)31-16-20-9-11-21(12-10-20)17-32-19(3)34-25(30)8-6-5-7-15-26-22(27)13-14-23(26)28/h4,13-14,18-21H,1,5-12,15-17H2,2-3H3. The van der Waals surface area contributed by atoms with E-state index in [1.54, 1.807) is 13.8 Å². The van der Waals surface area contributed by atoms with E-state index in [1.807, 2.05) is 0 Å². The monoisotopic (exact) mass is 479 g/mol. The molecular formula is C25H37NO8. The number of nitrogens with zero attached hydrogens (tertiary/aromatic N) is 1. The third-order valence-electron chi connectivity index (χ3n) is 6.01. The molecule has 0 radical (unpaired) electrons. The molecule has 1 aliphatic carbocycles. The van der Waals surface area contributed by atoms with Gasteiger partial charge in [-0.05, 0) is 64.2 Å². The van der Waals surface area contributed by atoms with Crippen LogP contribution in [0.25, 0.3) is 0 Å². The lowest BCUT2D eigenvalue weighted by molar-refractivity contribution is -0.179. The number of unbranched alkanes of at least 4 members (excludes halogenated alkanes) is 2. The maximum absolute atomic E-state index is 12.0. The number of ether oxygens (including phenoxy) is 4. The predicted molar refractivity (Wildman–Crippen MR) is 123 cm³/mol. The van der Waals surface area contributed by atoms with Crippen molar-refractivity contribution in [2.75, 3.05) is 19.8 Å². The van der Waals surface area contributed by atoms with Gasteiger partial charge < -0.3 is 18.9 Å². The van der Waals surface area contributed by atoms with E-state index in [4.69, 9.17) is 18.9 Å². The zero-order valence-corrected chi connectivity index (χ0v) is 20.2. The van der Waals surface area contributed by atoms with Crippen LogP contribution in [0.4, 0.5) is 0 Å². The molecule has 0 spiro atoms. The second kappa shape index (κ2) is 14.7. The van der Waals surface area contributed by atoms with Gasteiger partial charge in [-0.25, -0.2) is 4.79 Å². The van der Waals surface area contributed by atoms with Crippen LogP contribution in [0.5, 0.6) is 0 Å². The van der Waals surface area contributed by atoms with Crippen molar-refractivity contribution < 1.29 is 38.1 Å². The summed E-state index contributed by atoms with van der Waals surface area (Å²) >= 11 is 0. The molecule has 2 unspecified atom stereocenters. The first-order chi connectivity index (χ1) is 16.3. The topological polar surface area (TPSA) is 108 Å². The molecular weight excluding hydrogens is 442 g/mol. The predicted octanol–water partition coefficient (Wildman–Crippen LogP) is 3.28.